The number of carbonyl (C=O) groups excluding carboxylic acids is 1. The van der Waals surface area contributed by atoms with E-state index >= 15 is 0 Å². The van der Waals surface area contributed by atoms with E-state index in [1.807, 2.05) is 0 Å². The Morgan fingerprint density at radius 2 is 2.23 bits per heavy atom. The summed E-state index contributed by atoms with van der Waals surface area (Å²) in [6, 6.07) is 6.26. The van der Waals surface area contributed by atoms with Crippen molar-refractivity contribution in [2.75, 3.05) is 13.6 Å². The van der Waals surface area contributed by atoms with Crippen LogP contribution in [0.2, 0.25) is 0 Å². The number of aryl methyl sites for hydroxylation is 1. The van der Waals surface area contributed by atoms with Crippen LogP contribution in [0, 0.1) is 0 Å². The van der Waals surface area contributed by atoms with Crippen LogP contribution in [0.3, 0.4) is 0 Å². The molecule has 0 spiro atoms. The largest absolute Gasteiger partial charge is 0.350 e. The quantitative estimate of drug-likeness (QED) is 0.868. The molecule has 1 fully saturated rings. The molecule has 6 heteroatoms. The van der Waals surface area contributed by atoms with Crippen molar-refractivity contribution in [3.05, 3.63) is 34.2 Å². The summed E-state index contributed by atoms with van der Waals surface area (Å²) < 4.78 is 1.53. The highest BCUT2D eigenvalue weighted by molar-refractivity contribution is 5.97. The average Bonchev–Trinajstić information content (AvgIpc) is 3.31. The van der Waals surface area contributed by atoms with Crippen molar-refractivity contribution in [3.8, 4) is 0 Å². The van der Waals surface area contributed by atoms with Crippen molar-refractivity contribution in [1.82, 2.24) is 19.8 Å². The zero-order valence-corrected chi connectivity index (χ0v) is 13.2. The fraction of sp³-hybridized carbons (Fsp3) is 0.500. The minimum atomic E-state index is -0.174. The summed E-state index contributed by atoms with van der Waals surface area (Å²) in [7, 11) is 3.81. The Kier molecular flexibility index (Phi) is 3.78. The molecule has 1 aliphatic rings. The van der Waals surface area contributed by atoms with Gasteiger partial charge in [-0.05, 0) is 45.0 Å². The van der Waals surface area contributed by atoms with Gasteiger partial charge in [-0.1, -0.05) is 0 Å². The molecule has 1 aliphatic carbocycles. The van der Waals surface area contributed by atoms with Crippen LogP contribution in [0.5, 0.6) is 0 Å². The first-order valence-electron chi connectivity index (χ1n) is 7.66. The normalized spacial score (nSPS) is 16.2. The van der Waals surface area contributed by atoms with Gasteiger partial charge in [-0.15, -0.1) is 0 Å². The molecule has 0 aliphatic heterocycles. The molecule has 0 radical (unpaired) electrons. The van der Waals surface area contributed by atoms with Crippen molar-refractivity contribution >= 4 is 16.9 Å². The predicted molar refractivity (Wildman–Crippen MR) is 86.1 cm³/mol. The van der Waals surface area contributed by atoms with E-state index in [9.17, 15) is 9.59 Å². The lowest BCUT2D eigenvalue weighted by Gasteiger charge is -2.24. The molecule has 2 aromatic rings. The number of benzene rings is 1. The summed E-state index contributed by atoms with van der Waals surface area (Å²) in [5.74, 6) is -0.109. The number of aromatic amines is 1. The Labute approximate surface area is 129 Å². The number of rotatable bonds is 5. The number of imidazole rings is 1. The number of hydrogen-bond donors (Lipinski definition) is 2. The summed E-state index contributed by atoms with van der Waals surface area (Å²) in [6.07, 6.45) is 2.51. The number of hydrogen-bond acceptors (Lipinski definition) is 3. The van der Waals surface area contributed by atoms with Crippen LogP contribution in [0.25, 0.3) is 11.0 Å². The van der Waals surface area contributed by atoms with Crippen molar-refractivity contribution in [1.29, 1.82) is 0 Å². The lowest BCUT2D eigenvalue weighted by atomic mass is 10.2. The first kappa shape index (κ1) is 14.8. The van der Waals surface area contributed by atoms with Crippen molar-refractivity contribution in [2.45, 2.75) is 31.8 Å². The fourth-order valence-corrected chi connectivity index (χ4v) is 2.71. The molecule has 118 valence electrons. The van der Waals surface area contributed by atoms with E-state index in [0.29, 0.717) is 29.7 Å². The van der Waals surface area contributed by atoms with E-state index in [2.05, 4.69) is 29.2 Å². The molecule has 22 heavy (non-hydrogen) atoms. The molecule has 2 N–H and O–H groups in total. The van der Waals surface area contributed by atoms with Gasteiger partial charge in [0.25, 0.3) is 5.91 Å². The third kappa shape index (κ3) is 2.78. The molecule has 1 heterocycles. The van der Waals surface area contributed by atoms with Gasteiger partial charge in [-0.2, -0.15) is 0 Å². The lowest BCUT2D eigenvalue weighted by molar-refractivity contribution is 0.0939. The zero-order valence-electron chi connectivity index (χ0n) is 13.2. The van der Waals surface area contributed by atoms with Gasteiger partial charge < -0.3 is 10.3 Å². The second-order valence-electron chi connectivity index (χ2n) is 6.18. The molecular formula is C16H22N4O2. The first-order valence-corrected chi connectivity index (χ1v) is 7.66. The lowest BCUT2D eigenvalue weighted by Crippen LogP contribution is -2.41. The zero-order chi connectivity index (χ0) is 15.9. The van der Waals surface area contributed by atoms with E-state index < -0.39 is 0 Å². The van der Waals surface area contributed by atoms with E-state index in [-0.39, 0.29) is 11.6 Å². The Balaban J connectivity index is 1.68. The van der Waals surface area contributed by atoms with Crippen LogP contribution >= 0.6 is 0 Å². The standard InChI is InChI=1S/C16H22N4O2/c1-10(19(2)12-5-6-12)9-17-15(21)11-4-7-14-13(8-11)18-16(22)20(14)3/h4,7-8,10,12H,5-6,9H2,1-3H3,(H,17,21)(H,18,22). The maximum Gasteiger partial charge on any atom is 0.326 e. The molecule has 0 bridgehead atoms. The van der Waals surface area contributed by atoms with Crippen LogP contribution < -0.4 is 11.0 Å². The minimum Gasteiger partial charge on any atom is -0.350 e. The van der Waals surface area contributed by atoms with Crippen molar-refractivity contribution < 1.29 is 4.79 Å². The molecule has 1 atom stereocenters. The topological polar surface area (TPSA) is 70.1 Å². The van der Waals surface area contributed by atoms with Crippen LogP contribution in [-0.4, -0.2) is 46.0 Å². The number of amides is 1. The molecule has 1 aromatic carbocycles. The second-order valence-corrected chi connectivity index (χ2v) is 6.18. The van der Waals surface area contributed by atoms with Gasteiger partial charge in [-0.25, -0.2) is 4.79 Å². The summed E-state index contributed by atoms with van der Waals surface area (Å²) in [5.41, 5.74) is 1.87. The second kappa shape index (κ2) is 5.61. The van der Waals surface area contributed by atoms with E-state index in [0.717, 1.165) is 5.52 Å². The van der Waals surface area contributed by atoms with Crippen LogP contribution in [0.15, 0.2) is 23.0 Å². The SMILES string of the molecule is CC(CNC(=O)c1ccc2c(c1)[nH]c(=O)n2C)N(C)C1CC1. The number of nitrogens with one attached hydrogen (secondary N) is 2. The third-order valence-electron chi connectivity index (χ3n) is 4.54. The molecule has 6 nitrogen and oxygen atoms in total. The van der Waals surface area contributed by atoms with Crippen LogP contribution in [-0.2, 0) is 7.05 Å². The van der Waals surface area contributed by atoms with Gasteiger partial charge in [0, 0.05) is 31.2 Å². The van der Waals surface area contributed by atoms with Gasteiger partial charge >= 0.3 is 5.69 Å². The van der Waals surface area contributed by atoms with Gasteiger partial charge in [0.15, 0.2) is 0 Å². The molecule has 1 aromatic heterocycles. The van der Waals surface area contributed by atoms with E-state index in [1.165, 1.54) is 17.4 Å². The number of likely N-dealkylation sites (N-methyl/N-ethyl adjacent to an activating group) is 1. The average molecular weight is 302 g/mol. The maximum absolute atomic E-state index is 12.3. The van der Waals surface area contributed by atoms with Gasteiger partial charge in [0.1, 0.15) is 0 Å². The highest BCUT2D eigenvalue weighted by Gasteiger charge is 2.29. The molecule has 1 unspecified atom stereocenters. The smallest absolute Gasteiger partial charge is 0.326 e. The molecule has 0 saturated heterocycles. The number of aromatic nitrogens is 2. The third-order valence-corrected chi connectivity index (χ3v) is 4.54. The number of fused-ring (bicyclic) bond motifs is 1. The number of carbonyl (C=O) groups is 1. The highest BCUT2D eigenvalue weighted by atomic mass is 16.2. The van der Waals surface area contributed by atoms with Gasteiger partial charge in [0.05, 0.1) is 11.0 Å². The molecule has 1 amide bonds. The van der Waals surface area contributed by atoms with Crippen LogP contribution in [0.1, 0.15) is 30.1 Å². The fourth-order valence-electron chi connectivity index (χ4n) is 2.71. The Morgan fingerprint density at radius 1 is 1.50 bits per heavy atom. The minimum absolute atomic E-state index is 0.109. The summed E-state index contributed by atoms with van der Waals surface area (Å²) in [6.45, 7) is 2.74. The number of nitrogens with zero attached hydrogens (tertiary/aromatic N) is 2. The Morgan fingerprint density at radius 3 is 2.91 bits per heavy atom. The Hall–Kier alpha value is -2.08. The van der Waals surface area contributed by atoms with E-state index in [1.54, 1.807) is 25.2 Å². The number of H-pyrrole nitrogens is 1. The maximum atomic E-state index is 12.3. The van der Waals surface area contributed by atoms with Crippen LogP contribution in [0.4, 0.5) is 0 Å². The van der Waals surface area contributed by atoms with Gasteiger partial charge in [0.2, 0.25) is 0 Å². The molecular weight excluding hydrogens is 280 g/mol. The van der Waals surface area contributed by atoms with Crippen molar-refractivity contribution in [3.63, 3.8) is 0 Å². The summed E-state index contributed by atoms with van der Waals surface area (Å²) in [5, 5.41) is 2.97. The highest BCUT2D eigenvalue weighted by Crippen LogP contribution is 2.26. The molecule has 1 saturated carbocycles. The Bertz CT molecular complexity index is 757. The first-order chi connectivity index (χ1) is 10.5. The summed E-state index contributed by atoms with van der Waals surface area (Å²) >= 11 is 0. The van der Waals surface area contributed by atoms with Crippen molar-refractivity contribution in [2.24, 2.45) is 7.05 Å². The van der Waals surface area contributed by atoms with Gasteiger partial charge in [-0.3, -0.25) is 14.3 Å². The predicted octanol–water partition coefficient (Wildman–Crippen LogP) is 1.08. The monoisotopic (exact) mass is 302 g/mol. The van der Waals surface area contributed by atoms with E-state index in [4.69, 9.17) is 0 Å². The molecule has 3 rings (SSSR count). The summed E-state index contributed by atoms with van der Waals surface area (Å²) in [4.78, 5) is 28.9.